The molecule has 4 nitrogen and oxygen atoms in total. The number of benzene rings is 2. The molecule has 114 valence electrons. The lowest BCUT2D eigenvalue weighted by Crippen LogP contribution is -2.37. The molecule has 1 N–H and O–H groups in total. The number of halogens is 1. The second-order valence-electron chi connectivity index (χ2n) is 4.92. The summed E-state index contributed by atoms with van der Waals surface area (Å²) in [7, 11) is 0. The van der Waals surface area contributed by atoms with Crippen LogP contribution in [0.15, 0.2) is 53.0 Å². The monoisotopic (exact) mass is 360 g/mol. The second kappa shape index (κ2) is 7.22. The first-order valence-corrected chi connectivity index (χ1v) is 7.66. The summed E-state index contributed by atoms with van der Waals surface area (Å²) in [4.78, 5) is 25.6. The molecule has 0 aliphatic rings. The normalized spacial score (nSPS) is 10.1. The van der Waals surface area contributed by atoms with E-state index in [1.165, 1.54) is 11.8 Å². The van der Waals surface area contributed by atoms with Crippen LogP contribution >= 0.6 is 15.9 Å². The lowest BCUT2D eigenvalue weighted by molar-refractivity contribution is -0.120. The summed E-state index contributed by atoms with van der Waals surface area (Å²) in [5.74, 6) is -0.415. The Morgan fingerprint density at radius 2 is 1.73 bits per heavy atom. The largest absolute Gasteiger partial charge is 0.324 e. The van der Waals surface area contributed by atoms with Crippen LogP contribution < -0.4 is 10.2 Å². The number of carbonyl (C=O) groups excluding carboxylic acids is 2. The van der Waals surface area contributed by atoms with Gasteiger partial charge in [0.1, 0.15) is 6.54 Å². The highest BCUT2D eigenvalue weighted by Crippen LogP contribution is 2.22. The van der Waals surface area contributed by atoms with Crippen LogP contribution in [0.1, 0.15) is 12.5 Å². The minimum Gasteiger partial charge on any atom is -0.324 e. The molecule has 0 bridgehead atoms. The van der Waals surface area contributed by atoms with Crippen molar-refractivity contribution >= 4 is 39.1 Å². The van der Waals surface area contributed by atoms with Crippen LogP contribution in [0.5, 0.6) is 0 Å². The molecule has 0 heterocycles. The zero-order valence-corrected chi connectivity index (χ0v) is 14.1. The van der Waals surface area contributed by atoms with Crippen molar-refractivity contribution in [2.75, 3.05) is 16.8 Å². The van der Waals surface area contributed by atoms with Crippen molar-refractivity contribution in [2.45, 2.75) is 13.8 Å². The molecular weight excluding hydrogens is 344 g/mol. The first kappa shape index (κ1) is 16.2. The summed E-state index contributed by atoms with van der Waals surface area (Å²) in [6.45, 7) is 3.34. The van der Waals surface area contributed by atoms with Gasteiger partial charge in [-0.15, -0.1) is 0 Å². The summed E-state index contributed by atoms with van der Waals surface area (Å²) in [5.41, 5.74) is 2.38. The van der Waals surface area contributed by atoms with E-state index < -0.39 is 0 Å². The van der Waals surface area contributed by atoms with Crippen molar-refractivity contribution in [2.24, 2.45) is 0 Å². The topological polar surface area (TPSA) is 49.4 Å². The summed E-state index contributed by atoms with van der Waals surface area (Å²) >= 11 is 3.38. The Balaban J connectivity index is 2.15. The molecule has 0 fully saturated rings. The summed E-state index contributed by atoms with van der Waals surface area (Å²) in [6, 6.07) is 14.9. The SMILES string of the molecule is CC(=O)N(CC(=O)Nc1ccccc1Br)c1ccccc1C. The van der Waals surface area contributed by atoms with Crippen LogP contribution in [-0.2, 0) is 9.59 Å². The summed E-state index contributed by atoms with van der Waals surface area (Å²) in [6.07, 6.45) is 0. The highest BCUT2D eigenvalue weighted by Gasteiger charge is 2.17. The molecule has 2 aromatic rings. The number of amides is 2. The van der Waals surface area contributed by atoms with Crippen molar-refractivity contribution in [3.05, 3.63) is 58.6 Å². The fraction of sp³-hybridized carbons (Fsp3) is 0.176. The molecular formula is C17H17BrN2O2. The van der Waals surface area contributed by atoms with Gasteiger partial charge in [0.25, 0.3) is 0 Å². The fourth-order valence-corrected chi connectivity index (χ4v) is 2.51. The molecule has 0 spiro atoms. The van der Waals surface area contributed by atoms with E-state index in [1.807, 2.05) is 49.4 Å². The molecule has 0 atom stereocenters. The molecule has 5 heteroatoms. The molecule has 0 aliphatic carbocycles. The number of hydrogen-bond acceptors (Lipinski definition) is 2. The van der Waals surface area contributed by atoms with Crippen molar-refractivity contribution in [3.63, 3.8) is 0 Å². The van der Waals surface area contributed by atoms with E-state index in [2.05, 4.69) is 21.2 Å². The van der Waals surface area contributed by atoms with Crippen molar-refractivity contribution in [3.8, 4) is 0 Å². The zero-order valence-electron chi connectivity index (χ0n) is 12.5. The van der Waals surface area contributed by atoms with Gasteiger partial charge in [0.15, 0.2) is 0 Å². The van der Waals surface area contributed by atoms with Crippen LogP contribution in [0.2, 0.25) is 0 Å². The number of nitrogens with one attached hydrogen (secondary N) is 1. The molecule has 0 aliphatic heterocycles. The number of carbonyl (C=O) groups is 2. The Bertz CT molecular complexity index is 701. The van der Waals surface area contributed by atoms with E-state index in [0.717, 1.165) is 15.7 Å². The van der Waals surface area contributed by atoms with Crippen molar-refractivity contribution in [1.29, 1.82) is 0 Å². The predicted octanol–water partition coefficient (Wildman–Crippen LogP) is 3.75. The van der Waals surface area contributed by atoms with E-state index >= 15 is 0 Å². The maximum Gasteiger partial charge on any atom is 0.244 e. The molecule has 0 unspecified atom stereocenters. The van der Waals surface area contributed by atoms with Gasteiger partial charge in [-0.25, -0.2) is 0 Å². The van der Waals surface area contributed by atoms with Crippen LogP contribution in [0.4, 0.5) is 11.4 Å². The third-order valence-corrected chi connectivity index (χ3v) is 3.93. The second-order valence-corrected chi connectivity index (χ2v) is 5.77. The number of hydrogen-bond donors (Lipinski definition) is 1. The minimum atomic E-state index is -0.245. The molecule has 0 radical (unpaired) electrons. The maximum absolute atomic E-state index is 12.2. The fourth-order valence-electron chi connectivity index (χ4n) is 2.13. The van der Waals surface area contributed by atoms with Gasteiger partial charge in [-0.05, 0) is 46.6 Å². The summed E-state index contributed by atoms with van der Waals surface area (Å²) < 4.78 is 0.800. The quantitative estimate of drug-likeness (QED) is 0.902. The van der Waals surface area contributed by atoms with E-state index in [9.17, 15) is 9.59 Å². The van der Waals surface area contributed by atoms with Crippen molar-refractivity contribution < 1.29 is 9.59 Å². The third-order valence-electron chi connectivity index (χ3n) is 3.24. The molecule has 0 saturated heterocycles. The number of aryl methyl sites for hydroxylation is 1. The van der Waals surface area contributed by atoms with Crippen LogP contribution in [0.25, 0.3) is 0 Å². The first-order valence-electron chi connectivity index (χ1n) is 6.87. The number of anilines is 2. The highest BCUT2D eigenvalue weighted by molar-refractivity contribution is 9.10. The maximum atomic E-state index is 12.2. The Morgan fingerprint density at radius 1 is 1.09 bits per heavy atom. The van der Waals surface area contributed by atoms with Crippen LogP contribution in [0.3, 0.4) is 0 Å². The Hall–Kier alpha value is -2.14. The summed E-state index contributed by atoms with van der Waals surface area (Å²) in [5, 5.41) is 2.81. The Kier molecular flexibility index (Phi) is 5.33. The molecule has 22 heavy (non-hydrogen) atoms. The Morgan fingerprint density at radius 3 is 2.36 bits per heavy atom. The molecule has 0 aromatic heterocycles. The lowest BCUT2D eigenvalue weighted by atomic mass is 10.2. The standard InChI is InChI=1S/C17H17BrN2O2/c1-12-7-3-6-10-16(12)20(13(2)21)11-17(22)19-15-9-5-4-8-14(15)18/h3-10H,11H2,1-2H3,(H,19,22). The first-order chi connectivity index (χ1) is 10.5. The van der Waals surface area contributed by atoms with Crippen LogP contribution in [0, 0.1) is 6.92 Å². The van der Waals surface area contributed by atoms with Gasteiger partial charge in [-0.1, -0.05) is 30.3 Å². The smallest absolute Gasteiger partial charge is 0.244 e. The van der Waals surface area contributed by atoms with Gasteiger partial charge in [0.05, 0.1) is 5.69 Å². The van der Waals surface area contributed by atoms with Gasteiger partial charge in [0.2, 0.25) is 11.8 Å². The van der Waals surface area contributed by atoms with Crippen LogP contribution in [-0.4, -0.2) is 18.4 Å². The van der Waals surface area contributed by atoms with E-state index in [4.69, 9.17) is 0 Å². The predicted molar refractivity (Wildman–Crippen MR) is 92.0 cm³/mol. The van der Waals surface area contributed by atoms with Gasteiger partial charge >= 0.3 is 0 Å². The van der Waals surface area contributed by atoms with Gasteiger partial charge < -0.3 is 10.2 Å². The van der Waals surface area contributed by atoms with E-state index in [0.29, 0.717) is 5.69 Å². The zero-order chi connectivity index (χ0) is 16.1. The van der Waals surface area contributed by atoms with E-state index in [1.54, 1.807) is 6.07 Å². The van der Waals surface area contributed by atoms with E-state index in [-0.39, 0.29) is 18.4 Å². The van der Waals surface area contributed by atoms with Gasteiger partial charge in [-0.2, -0.15) is 0 Å². The molecule has 0 saturated carbocycles. The average Bonchev–Trinajstić information content (AvgIpc) is 2.48. The number of nitrogens with zero attached hydrogens (tertiary/aromatic N) is 1. The minimum absolute atomic E-state index is 0.0263. The number of para-hydroxylation sites is 2. The van der Waals surface area contributed by atoms with Gasteiger partial charge in [-0.3, -0.25) is 9.59 Å². The lowest BCUT2D eigenvalue weighted by Gasteiger charge is -2.22. The van der Waals surface area contributed by atoms with Gasteiger partial charge in [0, 0.05) is 17.1 Å². The molecule has 2 amide bonds. The average molecular weight is 361 g/mol. The third kappa shape index (κ3) is 3.95. The highest BCUT2D eigenvalue weighted by atomic mass is 79.9. The molecule has 2 rings (SSSR count). The Labute approximate surface area is 138 Å². The van der Waals surface area contributed by atoms with Crippen molar-refractivity contribution in [1.82, 2.24) is 0 Å². The number of rotatable bonds is 4. The molecule has 2 aromatic carbocycles.